The van der Waals surface area contributed by atoms with Crippen molar-refractivity contribution >= 4 is 40.4 Å². The molecule has 11 heteroatoms. The Morgan fingerprint density at radius 3 is 2.87 bits per heavy atom. The number of nitrogens with one attached hydrogen (secondary N) is 3. The number of hydrogen-bond donors (Lipinski definition) is 4. The van der Waals surface area contributed by atoms with Gasteiger partial charge in [-0.2, -0.15) is 5.10 Å². The summed E-state index contributed by atoms with van der Waals surface area (Å²) in [6.45, 7) is 0.691. The highest BCUT2D eigenvalue weighted by atomic mass is 32.1. The Hall–Kier alpha value is -3.34. The summed E-state index contributed by atoms with van der Waals surface area (Å²) in [4.78, 5) is 24.1. The molecule has 0 bridgehead atoms. The first kappa shape index (κ1) is 20.0. The monoisotopic (exact) mass is 426 g/mol. The predicted molar refractivity (Wildman–Crippen MR) is 116 cm³/mol. The van der Waals surface area contributed by atoms with E-state index in [9.17, 15) is 4.79 Å². The first-order valence-corrected chi connectivity index (χ1v) is 10.2. The van der Waals surface area contributed by atoms with Crippen LogP contribution in [0.25, 0.3) is 22.4 Å². The molecule has 0 saturated heterocycles. The van der Waals surface area contributed by atoms with Crippen LogP contribution in [0.4, 0.5) is 10.6 Å². The average molecular weight is 427 g/mol. The van der Waals surface area contributed by atoms with E-state index in [2.05, 4.69) is 36.0 Å². The van der Waals surface area contributed by atoms with Crippen LogP contribution in [-0.2, 0) is 6.54 Å². The summed E-state index contributed by atoms with van der Waals surface area (Å²) in [6.07, 6.45) is 8.82. The van der Waals surface area contributed by atoms with Crippen LogP contribution >= 0.6 is 12.2 Å². The minimum absolute atomic E-state index is 0.269. The highest BCUT2D eigenvalue weighted by Crippen LogP contribution is 2.20. The van der Waals surface area contributed by atoms with Crippen LogP contribution in [0.1, 0.15) is 25.7 Å². The van der Waals surface area contributed by atoms with Crippen LogP contribution < -0.4 is 16.0 Å². The van der Waals surface area contributed by atoms with Crippen molar-refractivity contribution in [3.63, 3.8) is 0 Å². The van der Waals surface area contributed by atoms with E-state index in [0.29, 0.717) is 40.4 Å². The van der Waals surface area contributed by atoms with Gasteiger partial charge in [0.15, 0.2) is 10.8 Å². The third-order valence-corrected chi connectivity index (χ3v) is 5.10. The zero-order chi connectivity index (χ0) is 20.9. The molecule has 1 saturated carbocycles. The van der Waals surface area contributed by atoms with E-state index in [1.54, 1.807) is 23.3 Å². The smallest absolute Gasteiger partial charge is 0.404 e. The SMILES string of the molecule is O=C(O)NCCn1cc(-c2cnc3ccc(NC(=S)NC4CCCC4)nc3n2)cn1. The molecule has 3 aromatic rings. The zero-order valence-electron chi connectivity index (χ0n) is 16.2. The number of aromatic nitrogens is 5. The number of fused-ring (bicyclic) bond motifs is 1. The summed E-state index contributed by atoms with van der Waals surface area (Å²) in [5.74, 6) is 0.611. The summed E-state index contributed by atoms with van der Waals surface area (Å²) >= 11 is 5.40. The molecule has 1 amide bonds. The van der Waals surface area contributed by atoms with E-state index in [-0.39, 0.29) is 6.54 Å². The topological polar surface area (TPSA) is 130 Å². The first-order valence-electron chi connectivity index (χ1n) is 9.78. The summed E-state index contributed by atoms with van der Waals surface area (Å²) < 4.78 is 1.65. The van der Waals surface area contributed by atoms with Crippen LogP contribution in [-0.4, -0.2) is 53.6 Å². The normalized spacial score (nSPS) is 14.0. The standard InChI is InChI=1S/C19H22N8O2S/c28-19(29)20-7-8-27-11-12(9-22-27)15-10-21-14-5-6-16(25-17(14)24-15)26-18(30)23-13-3-1-2-4-13/h5-6,9-11,13,20H,1-4,7-8H2,(H,28,29)(H2,23,24,25,26,30). The first-order chi connectivity index (χ1) is 14.6. The molecule has 0 unspecified atom stereocenters. The van der Waals surface area contributed by atoms with E-state index >= 15 is 0 Å². The van der Waals surface area contributed by atoms with Crippen molar-refractivity contribution in [2.75, 3.05) is 11.9 Å². The lowest BCUT2D eigenvalue weighted by Gasteiger charge is -2.15. The Morgan fingerprint density at radius 1 is 1.23 bits per heavy atom. The van der Waals surface area contributed by atoms with Gasteiger partial charge in [0.2, 0.25) is 0 Å². The van der Waals surface area contributed by atoms with Crippen LogP contribution in [0.15, 0.2) is 30.7 Å². The van der Waals surface area contributed by atoms with Crippen molar-refractivity contribution in [1.82, 2.24) is 35.4 Å². The predicted octanol–water partition coefficient (Wildman–Crippen LogP) is 2.38. The van der Waals surface area contributed by atoms with Crippen molar-refractivity contribution < 1.29 is 9.90 Å². The summed E-state index contributed by atoms with van der Waals surface area (Å²) in [5.41, 5.74) is 2.59. The van der Waals surface area contributed by atoms with Gasteiger partial charge in [-0.25, -0.2) is 14.8 Å². The van der Waals surface area contributed by atoms with Crippen LogP contribution in [0.5, 0.6) is 0 Å². The zero-order valence-corrected chi connectivity index (χ0v) is 17.0. The molecule has 0 aliphatic heterocycles. The van der Waals surface area contributed by atoms with Crippen molar-refractivity contribution in [3.8, 4) is 11.3 Å². The van der Waals surface area contributed by atoms with E-state index in [0.717, 1.165) is 18.4 Å². The molecule has 1 fully saturated rings. The second kappa shape index (κ2) is 8.99. The van der Waals surface area contributed by atoms with Gasteiger partial charge in [0.25, 0.3) is 0 Å². The minimum Gasteiger partial charge on any atom is -0.465 e. The molecule has 0 radical (unpaired) electrons. The second-order valence-corrected chi connectivity index (χ2v) is 7.51. The minimum atomic E-state index is -1.06. The Bertz CT molecular complexity index is 1060. The van der Waals surface area contributed by atoms with Crippen molar-refractivity contribution in [3.05, 3.63) is 30.7 Å². The maximum Gasteiger partial charge on any atom is 0.404 e. The third kappa shape index (κ3) is 4.98. The van der Waals surface area contributed by atoms with Gasteiger partial charge in [-0.3, -0.25) is 9.67 Å². The Balaban J connectivity index is 1.45. The van der Waals surface area contributed by atoms with E-state index < -0.39 is 6.09 Å². The van der Waals surface area contributed by atoms with Gasteiger partial charge < -0.3 is 21.1 Å². The number of rotatable bonds is 6. The number of pyridine rings is 1. The maximum atomic E-state index is 10.5. The number of amides is 1. The van der Waals surface area contributed by atoms with Crippen molar-refractivity contribution in [2.24, 2.45) is 0 Å². The lowest BCUT2D eigenvalue weighted by atomic mass is 10.2. The van der Waals surface area contributed by atoms with Crippen molar-refractivity contribution in [2.45, 2.75) is 38.3 Å². The van der Waals surface area contributed by atoms with E-state index in [1.807, 2.05) is 12.1 Å². The Labute approximate surface area is 178 Å². The molecular formula is C19H22N8O2S. The summed E-state index contributed by atoms with van der Waals surface area (Å²) in [7, 11) is 0. The van der Waals surface area contributed by atoms with E-state index in [1.165, 1.54) is 12.8 Å². The van der Waals surface area contributed by atoms with Crippen LogP contribution in [0.3, 0.4) is 0 Å². The molecule has 1 aliphatic carbocycles. The molecular weight excluding hydrogens is 404 g/mol. The molecule has 156 valence electrons. The average Bonchev–Trinajstić information content (AvgIpc) is 3.39. The van der Waals surface area contributed by atoms with Gasteiger partial charge in [-0.15, -0.1) is 0 Å². The molecule has 4 N–H and O–H groups in total. The highest BCUT2D eigenvalue weighted by Gasteiger charge is 2.16. The van der Waals surface area contributed by atoms with E-state index in [4.69, 9.17) is 17.3 Å². The summed E-state index contributed by atoms with van der Waals surface area (Å²) in [6, 6.07) is 4.10. The Morgan fingerprint density at radius 2 is 2.07 bits per heavy atom. The fraction of sp³-hybridized carbons (Fsp3) is 0.368. The largest absolute Gasteiger partial charge is 0.465 e. The molecule has 0 aromatic carbocycles. The van der Waals surface area contributed by atoms with Gasteiger partial charge in [0, 0.05) is 24.3 Å². The molecule has 3 aromatic heterocycles. The quantitative estimate of drug-likeness (QED) is 0.439. The molecule has 4 rings (SSSR count). The molecule has 30 heavy (non-hydrogen) atoms. The lowest BCUT2D eigenvalue weighted by molar-refractivity contribution is 0.194. The summed E-state index contributed by atoms with van der Waals surface area (Å²) in [5, 5.41) is 22.2. The number of nitrogens with zero attached hydrogens (tertiary/aromatic N) is 5. The molecule has 0 atom stereocenters. The maximum absolute atomic E-state index is 10.5. The molecule has 3 heterocycles. The number of carboxylic acid groups (broad SMARTS) is 1. The number of thiocarbonyl (C=S) groups is 1. The number of carbonyl (C=O) groups is 1. The fourth-order valence-corrected chi connectivity index (χ4v) is 3.68. The van der Waals surface area contributed by atoms with Gasteiger partial charge in [0.1, 0.15) is 11.3 Å². The van der Waals surface area contributed by atoms with Gasteiger partial charge >= 0.3 is 6.09 Å². The third-order valence-electron chi connectivity index (χ3n) is 4.88. The van der Waals surface area contributed by atoms with Gasteiger partial charge in [0.05, 0.1) is 24.6 Å². The number of hydrogen-bond acceptors (Lipinski definition) is 6. The highest BCUT2D eigenvalue weighted by molar-refractivity contribution is 7.80. The lowest BCUT2D eigenvalue weighted by Crippen LogP contribution is -2.36. The molecule has 1 aliphatic rings. The van der Waals surface area contributed by atoms with Gasteiger partial charge in [-0.05, 0) is 37.2 Å². The second-order valence-electron chi connectivity index (χ2n) is 7.10. The van der Waals surface area contributed by atoms with Gasteiger partial charge in [-0.1, -0.05) is 12.8 Å². The van der Waals surface area contributed by atoms with Crippen LogP contribution in [0, 0.1) is 0 Å². The fourth-order valence-electron chi connectivity index (χ4n) is 3.41. The Kier molecular flexibility index (Phi) is 5.98. The van der Waals surface area contributed by atoms with Crippen LogP contribution in [0.2, 0.25) is 0 Å². The molecule has 0 spiro atoms. The molecule has 10 nitrogen and oxygen atoms in total. The van der Waals surface area contributed by atoms with Crippen molar-refractivity contribution in [1.29, 1.82) is 0 Å². The number of anilines is 1.